The molecule has 0 aliphatic carbocycles. The van der Waals surface area contributed by atoms with Crippen LogP contribution in [0.4, 0.5) is 0 Å². The van der Waals surface area contributed by atoms with E-state index in [2.05, 4.69) is 19.2 Å². The highest BCUT2D eigenvalue weighted by atomic mass is 16.4. The van der Waals surface area contributed by atoms with Gasteiger partial charge in [0.05, 0.1) is 6.54 Å². The number of nitrogens with two attached hydrogens (primary N) is 1. The molecule has 0 rings (SSSR count). The van der Waals surface area contributed by atoms with Gasteiger partial charge in [0.1, 0.15) is 6.04 Å². The first-order chi connectivity index (χ1) is 8.01. The van der Waals surface area contributed by atoms with Crippen molar-refractivity contribution in [2.45, 2.75) is 52.0 Å². The van der Waals surface area contributed by atoms with Crippen molar-refractivity contribution in [1.82, 2.24) is 5.32 Å². The first-order valence-electron chi connectivity index (χ1n) is 6.23. The minimum atomic E-state index is -0.991. The van der Waals surface area contributed by atoms with Gasteiger partial charge in [0, 0.05) is 0 Å². The van der Waals surface area contributed by atoms with Crippen molar-refractivity contribution in [1.29, 1.82) is 0 Å². The molecule has 1 amide bonds. The molecule has 1 unspecified atom stereocenters. The molecule has 0 spiro atoms. The molecule has 0 aromatic carbocycles. The lowest BCUT2D eigenvalue weighted by Gasteiger charge is -2.16. The molecule has 0 radical (unpaired) electrons. The van der Waals surface area contributed by atoms with E-state index in [1.54, 1.807) is 0 Å². The Morgan fingerprint density at radius 2 is 1.94 bits per heavy atom. The van der Waals surface area contributed by atoms with Crippen molar-refractivity contribution in [2.24, 2.45) is 11.7 Å². The second kappa shape index (κ2) is 8.98. The van der Waals surface area contributed by atoms with Crippen molar-refractivity contribution < 1.29 is 14.7 Å². The molecule has 0 bridgehead atoms. The van der Waals surface area contributed by atoms with Crippen LogP contribution in [0.3, 0.4) is 0 Å². The van der Waals surface area contributed by atoms with E-state index in [-0.39, 0.29) is 6.54 Å². The summed E-state index contributed by atoms with van der Waals surface area (Å²) in [5.41, 5.74) is 5.14. The van der Waals surface area contributed by atoms with Crippen LogP contribution in [0.15, 0.2) is 0 Å². The molecule has 0 saturated heterocycles. The fourth-order valence-corrected chi connectivity index (χ4v) is 1.66. The van der Waals surface area contributed by atoms with Crippen LogP contribution in [-0.4, -0.2) is 29.6 Å². The van der Waals surface area contributed by atoms with Crippen molar-refractivity contribution in [3.05, 3.63) is 0 Å². The Bertz CT molecular complexity index is 244. The first-order valence-corrected chi connectivity index (χ1v) is 6.23. The Labute approximate surface area is 103 Å². The molecule has 0 aliphatic rings. The molecule has 5 nitrogen and oxygen atoms in total. The SMILES string of the molecule is CCCCC(C)CC[C@H](NC(=O)CN)C(=O)O. The highest BCUT2D eigenvalue weighted by molar-refractivity contribution is 5.84. The van der Waals surface area contributed by atoms with E-state index in [1.165, 1.54) is 0 Å². The van der Waals surface area contributed by atoms with E-state index in [4.69, 9.17) is 10.8 Å². The van der Waals surface area contributed by atoms with Gasteiger partial charge >= 0.3 is 5.97 Å². The second-order valence-electron chi connectivity index (χ2n) is 4.49. The predicted molar refractivity (Wildman–Crippen MR) is 66.5 cm³/mol. The summed E-state index contributed by atoms with van der Waals surface area (Å²) < 4.78 is 0. The quantitative estimate of drug-likeness (QED) is 0.566. The fourth-order valence-electron chi connectivity index (χ4n) is 1.66. The number of carboxylic acids is 1. The molecule has 17 heavy (non-hydrogen) atoms. The minimum absolute atomic E-state index is 0.171. The maximum atomic E-state index is 11.0. The van der Waals surface area contributed by atoms with Crippen molar-refractivity contribution in [3.8, 4) is 0 Å². The van der Waals surface area contributed by atoms with Gasteiger partial charge < -0.3 is 16.2 Å². The van der Waals surface area contributed by atoms with Gasteiger partial charge in [-0.1, -0.05) is 33.1 Å². The summed E-state index contributed by atoms with van der Waals surface area (Å²) in [6.07, 6.45) is 4.69. The number of hydrogen-bond donors (Lipinski definition) is 3. The van der Waals surface area contributed by atoms with Crippen molar-refractivity contribution in [2.75, 3.05) is 6.54 Å². The summed E-state index contributed by atoms with van der Waals surface area (Å²) in [4.78, 5) is 22.0. The van der Waals surface area contributed by atoms with E-state index in [0.29, 0.717) is 12.3 Å². The molecular weight excluding hydrogens is 220 g/mol. The zero-order valence-corrected chi connectivity index (χ0v) is 10.7. The third-order valence-corrected chi connectivity index (χ3v) is 2.82. The lowest BCUT2D eigenvalue weighted by Crippen LogP contribution is -2.43. The van der Waals surface area contributed by atoms with Gasteiger partial charge in [0.2, 0.25) is 5.91 Å². The van der Waals surface area contributed by atoms with Gasteiger partial charge in [0.25, 0.3) is 0 Å². The van der Waals surface area contributed by atoms with Gasteiger partial charge in [-0.25, -0.2) is 4.79 Å². The maximum absolute atomic E-state index is 11.0. The summed E-state index contributed by atoms with van der Waals surface area (Å²) in [5.74, 6) is -0.917. The van der Waals surface area contributed by atoms with Gasteiger partial charge in [-0.15, -0.1) is 0 Å². The Kier molecular flexibility index (Phi) is 8.40. The summed E-state index contributed by atoms with van der Waals surface area (Å²) in [6, 6.07) is -0.810. The molecule has 5 heteroatoms. The number of carbonyl (C=O) groups is 2. The smallest absolute Gasteiger partial charge is 0.326 e. The van der Waals surface area contributed by atoms with Crippen LogP contribution >= 0.6 is 0 Å². The number of carbonyl (C=O) groups excluding carboxylic acids is 1. The molecule has 0 saturated carbocycles. The highest BCUT2D eigenvalue weighted by Crippen LogP contribution is 2.15. The number of carboxylic acid groups (broad SMARTS) is 1. The van der Waals surface area contributed by atoms with E-state index in [1.807, 2.05) is 0 Å². The zero-order valence-electron chi connectivity index (χ0n) is 10.7. The Morgan fingerprint density at radius 3 is 2.41 bits per heavy atom. The van der Waals surface area contributed by atoms with Gasteiger partial charge in [-0.2, -0.15) is 0 Å². The molecule has 100 valence electrons. The van der Waals surface area contributed by atoms with Crippen LogP contribution in [0, 0.1) is 5.92 Å². The number of amides is 1. The topological polar surface area (TPSA) is 92.4 Å². The highest BCUT2D eigenvalue weighted by Gasteiger charge is 2.19. The van der Waals surface area contributed by atoms with E-state index < -0.39 is 17.9 Å². The van der Waals surface area contributed by atoms with E-state index in [9.17, 15) is 9.59 Å². The van der Waals surface area contributed by atoms with Crippen LogP contribution in [-0.2, 0) is 9.59 Å². The Balaban J connectivity index is 4.00. The third kappa shape index (κ3) is 7.74. The number of hydrogen-bond acceptors (Lipinski definition) is 3. The van der Waals surface area contributed by atoms with Crippen LogP contribution in [0.2, 0.25) is 0 Å². The minimum Gasteiger partial charge on any atom is -0.480 e. The van der Waals surface area contributed by atoms with E-state index >= 15 is 0 Å². The molecule has 0 aliphatic heterocycles. The van der Waals surface area contributed by atoms with Gasteiger partial charge in [0.15, 0.2) is 0 Å². The standard InChI is InChI=1S/C12H24N2O3/c1-3-4-5-9(2)6-7-10(12(16)17)14-11(15)8-13/h9-10H,3-8,13H2,1-2H3,(H,14,15)(H,16,17)/t9?,10-/m0/s1. The average molecular weight is 244 g/mol. The van der Waals surface area contributed by atoms with E-state index in [0.717, 1.165) is 25.7 Å². The number of aliphatic carboxylic acids is 1. The Hall–Kier alpha value is -1.10. The predicted octanol–water partition coefficient (Wildman–Crippen LogP) is 1.12. The van der Waals surface area contributed by atoms with Gasteiger partial charge in [-0.3, -0.25) is 4.79 Å². The molecular formula is C12H24N2O3. The summed E-state index contributed by atoms with van der Waals surface area (Å²) in [5, 5.41) is 11.4. The first kappa shape index (κ1) is 15.9. The molecule has 2 atom stereocenters. The zero-order chi connectivity index (χ0) is 13.3. The molecule has 0 aromatic heterocycles. The molecule has 0 heterocycles. The average Bonchev–Trinajstić information content (AvgIpc) is 2.30. The number of nitrogens with one attached hydrogen (secondary N) is 1. The van der Waals surface area contributed by atoms with Crippen LogP contribution in [0.5, 0.6) is 0 Å². The number of rotatable bonds is 9. The number of unbranched alkanes of at least 4 members (excludes halogenated alkanes) is 1. The maximum Gasteiger partial charge on any atom is 0.326 e. The third-order valence-electron chi connectivity index (χ3n) is 2.82. The Morgan fingerprint density at radius 1 is 1.29 bits per heavy atom. The summed E-state index contributed by atoms with van der Waals surface area (Å²) >= 11 is 0. The van der Waals surface area contributed by atoms with Crippen molar-refractivity contribution >= 4 is 11.9 Å². The normalized spacial score (nSPS) is 14.1. The molecule has 0 fully saturated rings. The fraction of sp³-hybridized carbons (Fsp3) is 0.833. The summed E-state index contributed by atoms with van der Waals surface area (Å²) in [7, 11) is 0. The van der Waals surface area contributed by atoms with Crippen molar-refractivity contribution in [3.63, 3.8) is 0 Å². The lowest BCUT2D eigenvalue weighted by molar-refractivity contribution is -0.141. The second-order valence-corrected chi connectivity index (χ2v) is 4.49. The van der Waals surface area contributed by atoms with Crippen LogP contribution < -0.4 is 11.1 Å². The molecule has 4 N–H and O–H groups in total. The lowest BCUT2D eigenvalue weighted by atomic mass is 9.96. The monoisotopic (exact) mass is 244 g/mol. The van der Waals surface area contributed by atoms with Gasteiger partial charge in [-0.05, 0) is 18.8 Å². The summed E-state index contributed by atoms with van der Waals surface area (Å²) in [6.45, 7) is 4.07. The van der Waals surface area contributed by atoms with Crippen LogP contribution in [0.25, 0.3) is 0 Å². The molecule has 0 aromatic rings. The largest absolute Gasteiger partial charge is 0.480 e. The van der Waals surface area contributed by atoms with Crippen LogP contribution in [0.1, 0.15) is 46.0 Å².